The van der Waals surface area contributed by atoms with E-state index in [9.17, 15) is 23.1 Å². The standard InChI is InChI=1S/C20H23F3N4O3/c1-13(2)11-30-18-10-17(24-12-25-18)26-5-7-27(8-6-26)19(29)15-4-3-14(9-16(15)28)20(21,22)23/h3-4,9-10,12-13,28H,5-8,11H2,1-2H3. The normalized spacial score (nSPS) is 14.9. The smallest absolute Gasteiger partial charge is 0.416 e. The molecule has 1 amide bonds. The van der Waals surface area contributed by atoms with Crippen molar-refractivity contribution in [1.29, 1.82) is 0 Å². The fourth-order valence-corrected chi connectivity index (χ4v) is 3.03. The zero-order chi connectivity index (χ0) is 21.9. The maximum atomic E-state index is 12.7. The van der Waals surface area contributed by atoms with Crippen LogP contribution in [0.2, 0.25) is 0 Å². The minimum absolute atomic E-state index is 0.150. The average molecular weight is 424 g/mol. The van der Waals surface area contributed by atoms with Gasteiger partial charge in [0.15, 0.2) is 0 Å². The fourth-order valence-electron chi connectivity index (χ4n) is 3.03. The summed E-state index contributed by atoms with van der Waals surface area (Å²) in [5.74, 6) is 0.319. The number of nitrogens with zero attached hydrogens (tertiary/aromatic N) is 4. The molecule has 0 unspecified atom stereocenters. The van der Waals surface area contributed by atoms with Gasteiger partial charge in [-0.3, -0.25) is 4.79 Å². The molecule has 3 rings (SSSR count). The van der Waals surface area contributed by atoms with Crippen molar-refractivity contribution in [3.63, 3.8) is 0 Å². The lowest BCUT2D eigenvalue weighted by atomic mass is 10.1. The van der Waals surface area contributed by atoms with Gasteiger partial charge in [-0.05, 0) is 24.1 Å². The highest BCUT2D eigenvalue weighted by molar-refractivity contribution is 5.97. The Labute approximate surface area is 172 Å². The summed E-state index contributed by atoms with van der Waals surface area (Å²) in [6.45, 7) is 6.24. The molecular weight excluding hydrogens is 401 g/mol. The van der Waals surface area contributed by atoms with Gasteiger partial charge in [0.2, 0.25) is 5.88 Å². The molecule has 1 N–H and O–H groups in total. The summed E-state index contributed by atoms with van der Waals surface area (Å²) in [5.41, 5.74) is -1.15. The molecule has 1 aliphatic rings. The number of phenolic OH excluding ortho intramolecular Hbond substituents is 1. The van der Waals surface area contributed by atoms with E-state index in [4.69, 9.17) is 4.74 Å². The van der Waals surface area contributed by atoms with Crippen molar-refractivity contribution in [3.8, 4) is 11.6 Å². The third kappa shape index (κ3) is 5.11. The van der Waals surface area contributed by atoms with Gasteiger partial charge in [-0.1, -0.05) is 13.8 Å². The predicted molar refractivity (Wildman–Crippen MR) is 104 cm³/mol. The summed E-state index contributed by atoms with van der Waals surface area (Å²) in [6.07, 6.45) is -3.16. The van der Waals surface area contributed by atoms with Crippen molar-refractivity contribution in [2.75, 3.05) is 37.7 Å². The second-order valence-corrected chi connectivity index (χ2v) is 7.43. The molecular formula is C20H23F3N4O3. The van der Waals surface area contributed by atoms with E-state index in [0.29, 0.717) is 56.5 Å². The molecule has 10 heteroatoms. The Balaban J connectivity index is 1.63. The molecule has 0 spiro atoms. The number of piperazine rings is 1. The molecule has 30 heavy (non-hydrogen) atoms. The SMILES string of the molecule is CC(C)COc1cc(N2CCN(C(=O)c3ccc(C(F)(F)F)cc3O)CC2)ncn1. The minimum atomic E-state index is -4.58. The molecule has 162 valence electrons. The van der Waals surface area contributed by atoms with E-state index in [1.165, 1.54) is 11.2 Å². The number of carbonyl (C=O) groups is 1. The molecule has 1 aromatic carbocycles. The fraction of sp³-hybridized carbons (Fsp3) is 0.450. The highest BCUT2D eigenvalue weighted by Gasteiger charge is 2.32. The van der Waals surface area contributed by atoms with Gasteiger partial charge in [0.25, 0.3) is 5.91 Å². The molecule has 1 aromatic heterocycles. The Bertz CT molecular complexity index is 897. The van der Waals surface area contributed by atoms with Crippen molar-refractivity contribution in [2.24, 2.45) is 5.92 Å². The Morgan fingerprint density at radius 3 is 2.47 bits per heavy atom. The number of phenols is 1. The molecule has 0 radical (unpaired) electrons. The number of halogens is 3. The second kappa shape index (κ2) is 8.76. The summed E-state index contributed by atoms with van der Waals surface area (Å²) in [7, 11) is 0. The molecule has 0 bridgehead atoms. The third-order valence-corrected chi connectivity index (χ3v) is 4.64. The zero-order valence-corrected chi connectivity index (χ0v) is 16.7. The summed E-state index contributed by atoms with van der Waals surface area (Å²) in [6, 6.07) is 4.11. The lowest BCUT2D eigenvalue weighted by molar-refractivity contribution is -0.137. The van der Waals surface area contributed by atoms with Gasteiger partial charge in [-0.2, -0.15) is 13.2 Å². The van der Waals surface area contributed by atoms with Crippen LogP contribution in [-0.2, 0) is 6.18 Å². The van der Waals surface area contributed by atoms with E-state index in [1.54, 1.807) is 6.07 Å². The lowest BCUT2D eigenvalue weighted by Crippen LogP contribution is -2.49. The van der Waals surface area contributed by atoms with E-state index in [-0.39, 0.29) is 5.56 Å². The first-order valence-electron chi connectivity index (χ1n) is 9.54. The number of ether oxygens (including phenoxy) is 1. The molecule has 1 saturated heterocycles. The van der Waals surface area contributed by atoms with Crippen LogP contribution in [0.4, 0.5) is 19.0 Å². The first-order valence-corrected chi connectivity index (χ1v) is 9.54. The van der Waals surface area contributed by atoms with Crippen LogP contribution in [0.15, 0.2) is 30.6 Å². The van der Waals surface area contributed by atoms with Crippen LogP contribution in [0.1, 0.15) is 29.8 Å². The molecule has 1 fully saturated rings. The van der Waals surface area contributed by atoms with Crippen LogP contribution in [-0.4, -0.2) is 58.7 Å². The number of alkyl halides is 3. The molecule has 2 heterocycles. The van der Waals surface area contributed by atoms with E-state index >= 15 is 0 Å². The van der Waals surface area contributed by atoms with E-state index in [2.05, 4.69) is 9.97 Å². The van der Waals surface area contributed by atoms with E-state index in [1.807, 2.05) is 18.7 Å². The predicted octanol–water partition coefficient (Wildman–Crippen LogP) is 3.20. The van der Waals surface area contributed by atoms with Crippen LogP contribution in [0, 0.1) is 5.92 Å². The van der Waals surface area contributed by atoms with Crippen molar-refractivity contribution in [2.45, 2.75) is 20.0 Å². The molecule has 0 atom stereocenters. The Morgan fingerprint density at radius 1 is 1.17 bits per heavy atom. The highest BCUT2D eigenvalue weighted by Crippen LogP contribution is 2.33. The number of hydrogen-bond donors (Lipinski definition) is 1. The number of benzene rings is 1. The van der Waals surface area contributed by atoms with Crippen molar-refractivity contribution >= 4 is 11.7 Å². The minimum Gasteiger partial charge on any atom is -0.507 e. The van der Waals surface area contributed by atoms with Crippen LogP contribution in [0.25, 0.3) is 0 Å². The van der Waals surface area contributed by atoms with Gasteiger partial charge in [-0.25, -0.2) is 9.97 Å². The summed E-state index contributed by atoms with van der Waals surface area (Å²) in [4.78, 5) is 24.5. The molecule has 1 aliphatic heterocycles. The summed E-state index contributed by atoms with van der Waals surface area (Å²) < 4.78 is 43.8. The first kappa shape index (κ1) is 21.7. The molecule has 2 aromatic rings. The van der Waals surface area contributed by atoms with Gasteiger partial charge < -0.3 is 19.6 Å². The lowest BCUT2D eigenvalue weighted by Gasteiger charge is -2.35. The van der Waals surface area contributed by atoms with Crippen LogP contribution < -0.4 is 9.64 Å². The maximum absolute atomic E-state index is 12.7. The monoisotopic (exact) mass is 424 g/mol. The van der Waals surface area contributed by atoms with Crippen molar-refractivity contribution < 1.29 is 27.8 Å². The van der Waals surface area contributed by atoms with Crippen molar-refractivity contribution in [1.82, 2.24) is 14.9 Å². The van der Waals surface area contributed by atoms with Gasteiger partial charge in [0, 0.05) is 32.2 Å². The number of carbonyl (C=O) groups excluding carboxylic acids is 1. The average Bonchev–Trinajstić information content (AvgIpc) is 2.71. The molecule has 7 nitrogen and oxygen atoms in total. The first-order chi connectivity index (χ1) is 14.1. The van der Waals surface area contributed by atoms with Crippen molar-refractivity contribution in [3.05, 3.63) is 41.7 Å². The molecule has 0 saturated carbocycles. The van der Waals surface area contributed by atoms with Crippen LogP contribution >= 0.6 is 0 Å². The maximum Gasteiger partial charge on any atom is 0.416 e. The van der Waals surface area contributed by atoms with Crippen LogP contribution in [0.3, 0.4) is 0 Å². The van der Waals surface area contributed by atoms with Gasteiger partial charge >= 0.3 is 6.18 Å². The zero-order valence-electron chi connectivity index (χ0n) is 16.7. The number of rotatable bonds is 5. The van der Waals surface area contributed by atoms with Gasteiger partial charge in [0.05, 0.1) is 17.7 Å². The number of aromatic nitrogens is 2. The Kier molecular flexibility index (Phi) is 6.33. The van der Waals surface area contributed by atoms with Crippen LogP contribution in [0.5, 0.6) is 11.6 Å². The topological polar surface area (TPSA) is 78.8 Å². The Hall–Kier alpha value is -3.04. The summed E-state index contributed by atoms with van der Waals surface area (Å²) >= 11 is 0. The largest absolute Gasteiger partial charge is 0.507 e. The van der Waals surface area contributed by atoms with Gasteiger partial charge in [-0.15, -0.1) is 0 Å². The van der Waals surface area contributed by atoms with E-state index in [0.717, 1.165) is 12.1 Å². The number of amides is 1. The van der Waals surface area contributed by atoms with Gasteiger partial charge in [0.1, 0.15) is 17.9 Å². The third-order valence-electron chi connectivity index (χ3n) is 4.64. The number of anilines is 1. The van der Waals surface area contributed by atoms with E-state index < -0.39 is 23.4 Å². The molecule has 0 aliphatic carbocycles. The number of hydrogen-bond acceptors (Lipinski definition) is 6. The Morgan fingerprint density at radius 2 is 1.87 bits per heavy atom. The quantitative estimate of drug-likeness (QED) is 0.794. The number of aromatic hydroxyl groups is 1. The highest BCUT2D eigenvalue weighted by atomic mass is 19.4. The second-order valence-electron chi connectivity index (χ2n) is 7.43. The summed E-state index contributed by atoms with van der Waals surface area (Å²) in [5, 5.41) is 9.92.